The molecule has 4 aromatic rings. The Labute approximate surface area is 136 Å². The first-order valence-electron chi connectivity index (χ1n) is 7.92. The average Bonchev–Trinajstić information content (AvgIpc) is 2.60. The summed E-state index contributed by atoms with van der Waals surface area (Å²) in [6, 6.07) is 28.3. The van der Waals surface area contributed by atoms with Crippen LogP contribution in [-0.2, 0) is 0 Å². The van der Waals surface area contributed by atoms with E-state index >= 15 is 0 Å². The Morgan fingerprint density at radius 2 is 1.35 bits per heavy atom. The maximum atomic E-state index is 2.30. The van der Waals surface area contributed by atoms with Crippen LogP contribution >= 0.6 is 0 Å². The lowest BCUT2D eigenvalue weighted by Gasteiger charge is -2.16. The lowest BCUT2D eigenvalue weighted by atomic mass is 9.96. The molecular weight excluding hydrogens is 278 g/mol. The largest absolute Gasteiger partial charge is 0.377 e. The molecule has 1 heteroatoms. The Hall–Kier alpha value is -2.80. The van der Waals surface area contributed by atoms with Crippen LogP contribution in [0.4, 0.5) is 5.69 Å². The third kappa shape index (κ3) is 2.35. The first kappa shape index (κ1) is 13.8. The Bertz CT molecular complexity index is 994. The first-order valence-corrected chi connectivity index (χ1v) is 7.92. The van der Waals surface area contributed by atoms with Gasteiger partial charge in [0.2, 0.25) is 0 Å². The lowest BCUT2D eigenvalue weighted by Crippen LogP contribution is -2.08. The highest BCUT2D eigenvalue weighted by molar-refractivity contribution is 6.01. The Morgan fingerprint density at radius 3 is 2.22 bits per heavy atom. The summed E-state index contributed by atoms with van der Waals surface area (Å²) in [5.74, 6) is 0. The summed E-state index contributed by atoms with van der Waals surface area (Å²) >= 11 is 0. The molecule has 0 N–H and O–H groups in total. The van der Waals surface area contributed by atoms with Crippen LogP contribution in [0.25, 0.3) is 32.7 Å². The number of anilines is 1. The second-order valence-corrected chi connectivity index (χ2v) is 6.13. The van der Waals surface area contributed by atoms with Crippen LogP contribution in [0.15, 0.2) is 78.9 Å². The molecule has 112 valence electrons. The van der Waals surface area contributed by atoms with Crippen LogP contribution in [0, 0.1) is 0 Å². The van der Waals surface area contributed by atoms with Crippen LogP contribution in [0.5, 0.6) is 0 Å². The molecule has 4 rings (SSSR count). The molecule has 0 aromatic heterocycles. The minimum absolute atomic E-state index is 1.26. The van der Waals surface area contributed by atoms with Gasteiger partial charge in [0.25, 0.3) is 0 Å². The number of fused-ring (bicyclic) bond motifs is 2. The van der Waals surface area contributed by atoms with Crippen molar-refractivity contribution in [2.45, 2.75) is 0 Å². The van der Waals surface area contributed by atoms with E-state index in [2.05, 4.69) is 97.9 Å². The third-order valence-electron chi connectivity index (χ3n) is 4.44. The second-order valence-electron chi connectivity index (χ2n) is 6.13. The van der Waals surface area contributed by atoms with E-state index in [1.54, 1.807) is 0 Å². The number of benzene rings is 4. The summed E-state index contributed by atoms with van der Waals surface area (Å²) in [6.07, 6.45) is 0. The smallest absolute Gasteiger partial charge is 0.0440 e. The topological polar surface area (TPSA) is 3.24 Å². The number of hydrogen-bond acceptors (Lipinski definition) is 1. The normalized spacial score (nSPS) is 11.0. The summed E-state index contributed by atoms with van der Waals surface area (Å²) in [5.41, 5.74) is 3.82. The molecule has 0 aliphatic carbocycles. The standard InChI is InChI=1S/C22H19N/c1-23(2)22-12-6-9-17-15-18(13-14-21(17)22)20-11-5-8-16-7-3-4-10-19(16)20/h3-15H,1-2H3. The minimum Gasteiger partial charge on any atom is -0.377 e. The zero-order valence-electron chi connectivity index (χ0n) is 13.5. The molecule has 0 atom stereocenters. The zero-order chi connectivity index (χ0) is 15.8. The highest BCUT2D eigenvalue weighted by Crippen LogP contribution is 2.33. The van der Waals surface area contributed by atoms with E-state index in [0.29, 0.717) is 0 Å². The van der Waals surface area contributed by atoms with Crippen LogP contribution in [0.3, 0.4) is 0 Å². The fraction of sp³-hybridized carbons (Fsp3) is 0.0909. The van der Waals surface area contributed by atoms with Crippen molar-refractivity contribution < 1.29 is 0 Å². The predicted molar refractivity (Wildman–Crippen MR) is 101 cm³/mol. The van der Waals surface area contributed by atoms with Gasteiger partial charge in [-0.15, -0.1) is 0 Å². The van der Waals surface area contributed by atoms with Gasteiger partial charge in [0.1, 0.15) is 0 Å². The van der Waals surface area contributed by atoms with E-state index in [-0.39, 0.29) is 0 Å². The van der Waals surface area contributed by atoms with E-state index in [1.807, 2.05) is 0 Å². The molecule has 0 radical (unpaired) electrons. The molecule has 0 saturated heterocycles. The summed E-state index contributed by atoms with van der Waals surface area (Å²) < 4.78 is 0. The van der Waals surface area contributed by atoms with E-state index < -0.39 is 0 Å². The van der Waals surface area contributed by atoms with Crippen molar-refractivity contribution in [3.63, 3.8) is 0 Å². The number of nitrogens with zero attached hydrogens (tertiary/aromatic N) is 1. The van der Waals surface area contributed by atoms with Crippen molar-refractivity contribution >= 4 is 27.2 Å². The van der Waals surface area contributed by atoms with Gasteiger partial charge >= 0.3 is 0 Å². The molecule has 0 aliphatic rings. The molecule has 0 unspecified atom stereocenters. The summed E-state index contributed by atoms with van der Waals surface area (Å²) in [4.78, 5) is 2.17. The monoisotopic (exact) mass is 297 g/mol. The van der Waals surface area contributed by atoms with Gasteiger partial charge in [0, 0.05) is 25.2 Å². The third-order valence-corrected chi connectivity index (χ3v) is 4.44. The van der Waals surface area contributed by atoms with Gasteiger partial charge in [0.15, 0.2) is 0 Å². The van der Waals surface area contributed by atoms with Crippen molar-refractivity contribution in [3.8, 4) is 11.1 Å². The van der Waals surface area contributed by atoms with Crippen molar-refractivity contribution in [3.05, 3.63) is 78.9 Å². The van der Waals surface area contributed by atoms with Crippen LogP contribution in [-0.4, -0.2) is 14.1 Å². The molecule has 0 heterocycles. The number of rotatable bonds is 2. The fourth-order valence-electron chi connectivity index (χ4n) is 3.30. The first-order chi connectivity index (χ1) is 11.2. The lowest BCUT2D eigenvalue weighted by molar-refractivity contribution is 1.14. The van der Waals surface area contributed by atoms with Crippen molar-refractivity contribution in [2.75, 3.05) is 19.0 Å². The molecular formula is C22H19N. The average molecular weight is 297 g/mol. The van der Waals surface area contributed by atoms with Crippen LogP contribution < -0.4 is 4.90 Å². The van der Waals surface area contributed by atoms with Gasteiger partial charge in [-0.25, -0.2) is 0 Å². The van der Waals surface area contributed by atoms with E-state index in [1.165, 1.54) is 38.4 Å². The Balaban J connectivity index is 1.96. The van der Waals surface area contributed by atoms with Gasteiger partial charge in [-0.3, -0.25) is 0 Å². The molecule has 0 amide bonds. The molecule has 0 saturated carbocycles. The molecule has 0 bridgehead atoms. The maximum absolute atomic E-state index is 2.30. The molecule has 0 spiro atoms. The van der Waals surface area contributed by atoms with Gasteiger partial charge in [-0.1, -0.05) is 66.7 Å². The summed E-state index contributed by atoms with van der Waals surface area (Å²) in [5, 5.41) is 5.16. The van der Waals surface area contributed by atoms with E-state index in [9.17, 15) is 0 Å². The fourth-order valence-corrected chi connectivity index (χ4v) is 3.30. The zero-order valence-corrected chi connectivity index (χ0v) is 13.5. The molecule has 0 aliphatic heterocycles. The molecule has 23 heavy (non-hydrogen) atoms. The molecule has 4 aromatic carbocycles. The highest BCUT2D eigenvalue weighted by atomic mass is 15.1. The summed E-state index contributed by atoms with van der Waals surface area (Å²) in [6.45, 7) is 0. The second kappa shape index (κ2) is 5.44. The minimum atomic E-state index is 1.26. The van der Waals surface area contributed by atoms with Crippen molar-refractivity contribution in [1.29, 1.82) is 0 Å². The van der Waals surface area contributed by atoms with Gasteiger partial charge in [-0.05, 0) is 39.4 Å². The van der Waals surface area contributed by atoms with E-state index in [0.717, 1.165) is 0 Å². The molecule has 0 fully saturated rings. The maximum Gasteiger partial charge on any atom is 0.0440 e. The van der Waals surface area contributed by atoms with Crippen molar-refractivity contribution in [1.82, 2.24) is 0 Å². The van der Waals surface area contributed by atoms with Crippen LogP contribution in [0.2, 0.25) is 0 Å². The summed E-state index contributed by atoms with van der Waals surface area (Å²) in [7, 11) is 4.18. The quantitative estimate of drug-likeness (QED) is 0.457. The predicted octanol–water partition coefficient (Wildman–Crippen LogP) is 5.73. The Kier molecular flexibility index (Phi) is 3.27. The van der Waals surface area contributed by atoms with Crippen molar-refractivity contribution in [2.24, 2.45) is 0 Å². The SMILES string of the molecule is CN(C)c1cccc2cc(-c3cccc4ccccc34)ccc12. The van der Waals surface area contributed by atoms with Gasteiger partial charge < -0.3 is 4.90 Å². The Morgan fingerprint density at radius 1 is 0.609 bits per heavy atom. The number of hydrogen-bond donors (Lipinski definition) is 0. The van der Waals surface area contributed by atoms with E-state index in [4.69, 9.17) is 0 Å². The molecule has 1 nitrogen and oxygen atoms in total. The van der Waals surface area contributed by atoms with Crippen LogP contribution in [0.1, 0.15) is 0 Å². The van der Waals surface area contributed by atoms with Gasteiger partial charge in [0.05, 0.1) is 0 Å². The highest BCUT2D eigenvalue weighted by Gasteiger charge is 2.07. The van der Waals surface area contributed by atoms with Gasteiger partial charge in [-0.2, -0.15) is 0 Å².